The van der Waals surface area contributed by atoms with Gasteiger partial charge in [0.05, 0.1) is 0 Å². The Morgan fingerprint density at radius 3 is 1.59 bits per heavy atom. The quantitative estimate of drug-likeness (QED) is 0.383. The van der Waals surface area contributed by atoms with Crippen molar-refractivity contribution in [2.45, 2.75) is 44.7 Å². The van der Waals surface area contributed by atoms with Crippen LogP contribution in [0.4, 0.5) is 11.4 Å². The molecular weight excluding hydrogens is 456 g/mol. The van der Waals surface area contributed by atoms with E-state index >= 15 is 0 Å². The number of piperidine rings is 2. The molecule has 5 nitrogen and oxygen atoms in total. The van der Waals surface area contributed by atoms with Crippen LogP contribution in [-0.4, -0.2) is 44.2 Å². The Hall–Kier alpha value is -3.57. The highest BCUT2D eigenvalue weighted by atomic mass is 16.1. The normalized spacial score (nSPS) is 16.9. The van der Waals surface area contributed by atoms with Crippen LogP contribution in [0.5, 0.6) is 0 Å². The molecule has 0 aliphatic carbocycles. The highest BCUT2D eigenvalue weighted by molar-refractivity contribution is 5.95. The van der Waals surface area contributed by atoms with Gasteiger partial charge in [0.25, 0.3) is 0 Å². The van der Waals surface area contributed by atoms with Crippen molar-refractivity contribution >= 4 is 38.8 Å². The summed E-state index contributed by atoms with van der Waals surface area (Å²) in [6, 6.07) is 30.8. The van der Waals surface area contributed by atoms with Crippen molar-refractivity contribution in [3.63, 3.8) is 0 Å². The molecule has 37 heavy (non-hydrogen) atoms. The van der Waals surface area contributed by atoms with E-state index in [4.69, 9.17) is 5.73 Å². The lowest BCUT2D eigenvalue weighted by Gasteiger charge is -2.34. The fourth-order valence-electron chi connectivity index (χ4n) is 5.66. The van der Waals surface area contributed by atoms with E-state index in [1.807, 2.05) is 0 Å². The van der Waals surface area contributed by atoms with Gasteiger partial charge in [-0.1, -0.05) is 72.8 Å². The van der Waals surface area contributed by atoms with Gasteiger partial charge in [-0.25, -0.2) is 0 Å². The molecule has 4 aromatic rings. The lowest BCUT2D eigenvalue weighted by molar-refractivity contribution is -0.119. The van der Waals surface area contributed by atoms with Crippen molar-refractivity contribution in [3.8, 4) is 0 Å². The van der Waals surface area contributed by atoms with Gasteiger partial charge in [0.15, 0.2) is 0 Å². The number of anilines is 2. The number of carbonyl (C=O) groups excluding carboxylic acids is 1. The van der Waals surface area contributed by atoms with E-state index in [1.165, 1.54) is 32.9 Å². The second-order valence-electron chi connectivity index (χ2n) is 10.3. The third-order valence-corrected chi connectivity index (χ3v) is 7.66. The second-order valence-corrected chi connectivity index (χ2v) is 10.3. The van der Waals surface area contributed by atoms with Crippen molar-refractivity contribution in [1.82, 2.24) is 5.32 Å². The van der Waals surface area contributed by atoms with Gasteiger partial charge in [0, 0.05) is 67.3 Å². The van der Waals surface area contributed by atoms with E-state index in [0.29, 0.717) is 12.1 Å². The fourth-order valence-corrected chi connectivity index (χ4v) is 5.66. The first-order chi connectivity index (χ1) is 18.1. The molecule has 0 bridgehead atoms. The average molecular weight is 495 g/mol. The SMILES string of the molecule is CC(=O)NC1CCN(c2cccc3ccccc23)CC1.NC1CCN(c2cccc3ccccc23)CC1. The Labute approximate surface area is 220 Å². The number of rotatable bonds is 3. The zero-order chi connectivity index (χ0) is 25.6. The van der Waals surface area contributed by atoms with Crippen LogP contribution in [0.3, 0.4) is 0 Å². The van der Waals surface area contributed by atoms with Gasteiger partial charge in [-0.15, -0.1) is 0 Å². The first-order valence-corrected chi connectivity index (χ1v) is 13.6. The van der Waals surface area contributed by atoms with Crippen molar-refractivity contribution < 1.29 is 4.79 Å². The van der Waals surface area contributed by atoms with E-state index < -0.39 is 0 Å². The van der Waals surface area contributed by atoms with Gasteiger partial charge in [-0.05, 0) is 48.6 Å². The number of carbonyl (C=O) groups is 1. The topological polar surface area (TPSA) is 61.6 Å². The molecule has 2 heterocycles. The summed E-state index contributed by atoms with van der Waals surface area (Å²) >= 11 is 0. The van der Waals surface area contributed by atoms with E-state index in [2.05, 4.69) is 100 Å². The average Bonchev–Trinajstić information content (AvgIpc) is 2.93. The lowest BCUT2D eigenvalue weighted by Crippen LogP contribution is -2.44. The van der Waals surface area contributed by atoms with Crippen LogP contribution in [0.25, 0.3) is 21.5 Å². The van der Waals surface area contributed by atoms with Gasteiger partial charge in [0.1, 0.15) is 0 Å². The van der Waals surface area contributed by atoms with Crippen LogP contribution in [0.15, 0.2) is 84.9 Å². The van der Waals surface area contributed by atoms with Crippen molar-refractivity contribution in [3.05, 3.63) is 84.9 Å². The summed E-state index contributed by atoms with van der Waals surface area (Å²) in [6.45, 7) is 5.75. The zero-order valence-electron chi connectivity index (χ0n) is 21.8. The number of hydrogen-bond acceptors (Lipinski definition) is 4. The Kier molecular flexibility index (Phi) is 7.90. The molecule has 0 aromatic heterocycles. The molecule has 1 amide bonds. The van der Waals surface area contributed by atoms with Gasteiger partial charge in [-0.2, -0.15) is 0 Å². The van der Waals surface area contributed by atoms with Gasteiger partial charge >= 0.3 is 0 Å². The Bertz CT molecular complexity index is 1330. The van der Waals surface area contributed by atoms with E-state index in [-0.39, 0.29) is 5.91 Å². The molecule has 0 radical (unpaired) electrons. The first-order valence-electron chi connectivity index (χ1n) is 13.6. The second kappa shape index (κ2) is 11.7. The van der Waals surface area contributed by atoms with Crippen LogP contribution < -0.4 is 20.9 Å². The van der Waals surface area contributed by atoms with E-state index in [9.17, 15) is 4.79 Å². The number of fused-ring (bicyclic) bond motifs is 2. The van der Waals surface area contributed by atoms with Gasteiger partial charge in [0.2, 0.25) is 5.91 Å². The smallest absolute Gasteiger partial charge is 0.217 e. The Balaban J connectivity index is 0.000000153. The van der Waals surface area contributed by atoms with Gasteiger partial charge in [-0.3, -0.25) is 4.79 Å². The minimum Gasteiger partial charge on any atom is -0.371 e. The number of amides is 1. The molecule has 6 rings (SSSR count). The highest BCUT2D eigenvalue weighted by Gasteiger charge is 2.21. The highest BCUT2D eigenvalue weighted by Crippen LogP contribution is 2.30. The first kappa shape index (κ1) is 25.1. The zero-order valence-corrected chi connectivity index (χ0v) is 21.8. The summed E-state index contributed by atoms with van der Waals surface area (Å²) < 4.78 is 0. The molecule has 3 N–H and O–H groups in total. The molecule has 0 unspecified atom stereocenters. The van der Waals surface area contributed by atoms with E-state index in [1.54, 1.807) is 6.92 Å². The molecule has 0 saturated carbocycles. The molecule has 0 spiro atoms. The number of hydrogen-bond donors (Lipinski definition) is 2. The third-order valence-electron chi connectivity index (χ3n) is 7.66. The van der Waals surface area contributed by atoms with Crippen LogP contribution in [0.1, 0.15) is 32.6 Å². The van der Waals surface area contributed by atoms with Crippen LogP contribution in [0.2, 0.25) is 0 Å². The molecule has 4 aromatic carbocycles. The number of nitrogens with zero attached hydrogens (tertiary/aromatic N) is 2. The lowest BCUT2D eigenvalue weighted by atomic mass is 10.0. The fraction of sp³-hybridized carbons (Fsp3) is 0.344. The van der Waals surface area contributed by atoms with Gasteiger partial charge < -0.3 is 20.9 Å². The minimum atomic E-state index is 0.0774. The third kappa shape index (κ3) is 6.05. The largest absolute Gasteiger partial charge is 0.371 e. The van der Waals surface area contributed by atoms with Crippen molar-refractivity contribution in [2.75, 3.05) is 36.0 Å². The Morgan fingerprint density at radius 1 is 0.676 bits per heavy atom. The van der Waals surface area contributed by atoms with Crippen molar-refractivity contribution in [2.24, 2.45) is 5.73 Å². The minimum absolute atomic E-state index is 0.0774. The summed E-state index contributed by atoms with van der Waals surface area (Å²) in [7, 11) is 0. The van der Waals surface area contributed by atoms with Crippen LogP contribution in [0, 0.1) is 0 Å². The molecule has 2 fully saturated rings. The monoisotopic (exact) mass is 494 g/mol. The predicted octanol–water partition coefficient (Wildman–Crippen LogP) is 5.71. The van der Waals surface area contributed by atoms with E-state index in [0.717, 1.165) is 51.9 Å². The maximum atomic E-state index is 11.1. The summed E-state index contributed by atoms with van der Waals surface area (Å²) in [4.78, 5) is 16.0. The maximum absolute atomic E-state index is 11.1. The summed E-state index contributed by atoms with van der Waals surface area (Å²) in [5, 5.41) is 8.30. The van der Waals surface area contributed by atoms with Crippen LogP contribution in [-0.2, 0) is 4.79 Å². The summed E-state index contributed by atoms with van der Waals surface area (Å²) in [5.41, 5.74) is 8.63. The summed E-state index contributed by atoms with van der Waals surface area (Å²) in [6.07, 6.45) is 4.23. The molecule has 2 aliphatic rings. The molecule has 5 heteroatoms. The molecule has 2 saturated heterocycles. The summed E-state index contributed by atoms with van der Waals surface area (Å²) in [5.74, 6) is 0.0774. The predicted molar refractivity (Wildman–Crippen MR) is 156 cm³/mol. The maximum Gasteiger partial charge on any atom is 0.217 e. The van der Waals surface area contributed by atoms with Crippen LogP contribution >= 0.6 is 0 Å². The molecule has 192 valence electrons. The Morgan fingerprint density at radius 2 is 1.11 bits per heavy atom. The standard InChI is InChI=1S/C17H20N2O.C15H18N2/c1-13(20)18-15-9-11-19(12-10-15)17-8-4-6-14-5-2-3-7-16(14)17;16-13-8-10-17(11-9-13)15-7-3-5-12-4-1-2-6-14(12)15/h2-8,15H,9-12H2,1H3,(H,18,20);1-7,13H,8-11,16H2. The number of benzene rings is 4. The number of nitrogens with one attached hydrogen (secondary N) is 1. The molecular formula is C32H38N4O. The number of nitrogens with two attached hydrogens (primary N) is 1. The van der Waals surface area contributed by atoms with Crippen molar-refractivity contribution in [1.29, 1.82) is 0 Å². The molecule has 2 aliphatic heterocycles. The molecule has 0 atom stereocenters.